The lowest BCUT2D eigenvalue weighted by molar-refractivity contribution is -0.137. The Morgan fingerprint density at radius 2 is 1.65 bits per heavy atom. The Kier molecular flexibility index (Phi) is 8.34. The summed E-state index contributed by atoms with van der Waals surface area (Å²) < 4.78 is 67.7. The summed E-state index contributed by atoms with van der Waals surface area (Å²) in [6, 6.07) is 9.34. The normalized spacial score (nSPS) is 12.1. The third-order valence-corrected chi connectivity index (χ3v) is 8.29. The molecule has 0 radical (unpaired) electrons. The quantitative estimate of drug-likeness (QED) is 0.260. The zero-order chi connectivity index (χ0) is 29.4. The molecule has 0 aliphatic heterocycles. The molecule has 0 aliphatic carbocycles. The Hall–Kier alpha value is -3.35. The Labute approximate surface area is 238 Å². The number of urea groups is 1. The first-order chi connectivity index (χ1) is 18.7. The molecule has 0 spiro atoms. The van der Waals surface area contributed by atoms with Crippen molar-refractivity contribution in [3.8, 4) is 5.69 Å². The van der Waals surface area contributed by atoms with Crippen molar-refractivity contribution in [2.45, 2.75) is 44.7 Å². The molecular weight excluding hydrogens is 590 g/mol. The van der Waals surface area contributed by atoms with Crippen LogP contribution in [-0.4, -0.2) is 35.5 Å². The maximum atomic E-state index is 12.9. The maximum absolute atomic E-state index is 12.9. The van der Waals surface area contributed by atoms with E-state index in [1.807, 2.05) is 55.7 Å². The van der Waals surface area contributed by atoms with Crippen LogP contribution in [0.15, 0.2) is 47.4 Å². The van der Waals surface area contributed by atoms with Crippen molar-refractivity contribution in [2.75, 3.05) is 6.54 Å². The minimum Gasteiger partial charge on any atom is -0.337 e. The van der Waals surface area contributed by atoms with Gasteiger partial charge in [-0.1, -0.05) is 42.3 Å². The number of aromatic nitrogens is 3. The molecule has 0 bridgehead atoms. The SMILES string of the molecule is CCc1nc2c(C)cc(C)nc2n1-c1ccc(CCNC(=O)NS(=O)(=O)c2c(Cl)cc(C(F)(F)F)cc2Cl)cc1. The number of amides is 2. The van der Waals surface area contributed by atoms with Crippen molar-refractivity contribution < 1.29 is 26.4 Å². The summed E-state index contributed by atoms with van der Waals surface area (Å²) in [6.45, 7) is 6.02. The number of rotatable bonds is 7. The molecule has 0 aliphatic rings. The monoisotopic (exact) mass is 613 g/mol. The van der Waals surface area contributed by atoms with Crippen LogP contribution in [0.5, 0.6) is 0 Å². The van der Waals surface area contributed by atoms with E-state index in [0.717, 1.165) is 39.5 Å². The molecule has 0 fully saturated rings. The number of hydrogen-bond acceptors (Lipinski definition) is 5. The van der Waals surface area contributed by atoms with E-state index in [0.29, 0.717) is 25.0 Å². The van der Waals surface area contributed by atoms with Crippen LogP contribution in [0.3, 0.4) is 0 Å². The predicted molar refractivity (Wildman–Crippen MR) is 147 cm³/mol. The molecule has 2 heterocycles. The molecule has 40 heavy (non-hydrogen) atoms. The van der Waals surface area contributed by atoms with Gasteiger partial charge in [0.25, 0.3) is 10.0 Å². The van der Waals surface area contributed by atoms with Gasteiger partial charge in [0.1, 0.15) is 16.2 Å². The number of aryl methyl sites for hydroxylation is 3. The van der Waals surface area contributed by atoms with Gasteiger partial charge in [-0.05, 0) is 61.7 Å². The van der Waals surface area contributed by atoms with Gasteiger partial charge in [-0.15, -0.1) is 0 Å². The van der Waals surface area contributed by atoms with Gasteiger partial charge >= 0.3 is 12.2 Å². The molecule has 0 atom stereocenters. The number of fused-ring (bicyclic) bond motifs is 1. The largest absolute Gasteiger partial charge is 0.416 e. The fourth-order valence-corrected chi connectivity index (χ4v) is 6.38. The van der Waals surface area contributed by atoms with Crippen LogP contribution in [0, 0.1) is 13.8 Å². The molecule has 0 saturated heterocycles. The van der Waals surface area contributed by atoms with E-state index >= 15 is 0 Å². The number of halogens is 5. The standard InChI is InChI=1S/C26H24Cl2F3N5O3S/c1-4-21-34-22-14(2)11-15(3)33-24(22)36(21)18-7-5-16(6-8-18)9-10-32-25(37)35-40(38,39)23-19(27)12-17(13-20(23)28)26(29,30)31/h5-8,11-13H,4,9-10H2,1-3H3,(H2,32,35,37). The molecule has 2 amide bonds. The summed E-state index contributed by atoms with van der Waals surface area (Å²) in [5, 5.41) is 0.876. The van der Waals surface area contributed by atoms with Gasteiger partial charge < -0.3 is 5.32 Å². The van der Waals surface area contributed by atoms with Gasteiger partial charge in [0.2, 0.25) is 0 Å². The van der Waals surface area contributed by atoms with Gasteiger partial charge in [-0.3, -0.25) is 4.57 Å². The number of carbonyl (C=O) groups excluding carboxylic acids is 1. The summed E-state index contributed by atoms with van der Waals surface area (Å²) in [7, 11) is -4.65. The lowest BCUT2D eigenvalue weighted by atomic mass is 10.1. The van der Waals surface area contributed by atoms with Crippen LogP contribution in [0.25, 0.3) is 16.9 Å². The van der Waals surface area contributed by atoms with E-state index in [1.54, 1.807) is 4.72 Å². The molecule has 14 heteroatoms. The van der Waals surface area contributed by atoms with Gasteiger partial charge in [-0.2, -0.15) is 13.2 Å². The highest BCUT2D eigenvalue weighted by Crippen LogP contribution is 2.37. The second-order valence-electron chi connectivity index (χ2n) is 9.01. The number of hydrogen-bond donors (Lipinski definition) is 2. The molecule has 2 aromatic heterocycles. The first kappa shape index (κ1) is 29.6. The fraction of sp³-hybridized carbons (Fsp3) is 0.269. The predicted octanol–water partition coefficient (Wildman–Crippen LogP) is 6.16. The molecule has 4 rings (SSSR count). The minimum absolute atomic E-state index is 0.0728. The summed E-state index contributed by atoms with van der Waals surface area (Å²) in [5.74, 6) is 0.872. The lowest BCUT2D eigenvalue weighted by Gasteiger charge is -2.14. The zero-order valence-corrected chi connectivity index (χ0v) is 23.9. The highest BCUT2D eigenvalue weighted by atomic mass is 35.5. The number of benzene rings is 2. The Bertz CT molecular complexity index is 1680. The molecule has 0 unspecified atom stereocenters. The molecule has 2 N–H and O–H groups in total. The summed E-state index contributed by atoms with van der Waals surface area (Å²) in [6.07, 6.45) is -3.70. The van der Waals surface area contributed by atoms with Crippen LogP contribution < -0.4 is 10.0 Å². The number of pyridine rings is 1. The molecule has 4 aromatic rings. The van der Waals surface area contributed by atoms with E-state index in [1.165, 1.54) is 0 Å². The third kappa shape index (κ3) is 6.18. The lowest BCUT2D eigenvalue weighted by Crippen LogP contribution is -2.40. The average Bonchev–Trinajstić information content (AvgIpc) is 3.21. The second-order valence-corrected chi connectivity index (χ2v) is 11.4. The van der Waals surface area contributed by atoms with Crippen molar-refractivity contribution in [3.05, 3.63) is 80.7 Å². The highest BCUT2D eigenvalue weighted by molar-refractivity contribution is 7.90. The Balaban J connectivity index is 1.42. The van der Waals surface area contributed by atoms with E-state index in [9.17, 15) is 26.4 Å². The van der Waals surface area contributed by atoms with Crippen molar-refractivity contribution in [3.63, 3.8) is 0 Å². The van der Waals surface area contributed by atoms with Crippen LogP contribution in [0.4, 0.5) is 18.0 Å². The van der Waals surface area contributed by atoms with Gasteiger partial charge in [0.15, 0.2) is 5.65 Å². The van der Waals surface area contributed by atoms with Crippen LogP contribution in [0.2, 0.25) is 10.0 Å². The molecule has 0 saturated carbocycles. The van der Waals surface area contributed by atoms with Gasteiger partial charge in [0.05, 0.1) is 15.6 Å². The minimum atomic E-state index is -4.78. The first-order valence-corrected chi connectivity index (χ1v) is 14.3. The van der Waals surface area contributed by atoms with Crippen molar-refractivity contribution in [1.29, 1.82) is 0 Å². The average molecular weight is 614 g/mol. The first-order valence-electron chi connectivity index (χ1n) is 12.0. The Morgan fingerprint density at radius 3 is 2.23 bits per heavy atom. The van der Waals surface area contributed by atoms with Crippen molar-refractivity contribution >= 4 is 50.4 Å². The van der Waals surface area contributed by atoms with Gasteiger partial charge in [-0.25, -0.2) is 27.9 Å². The number of alkyl halides is 3. The summed E-state index contributed by atoms with van der Waals surface area (Å²) >= 11 is 11.5. The molecular formula is C26H24Cl2F3N5O3S. The Morgan fingerprint density at radius 1 is 1.02 bits per heavy atom. The summed E-state index contributed by atoms with van der Waals surface area (Å²) in [5.41, 5.74) is 4.07. The summed E-state index contributed by atoms with van der Waals surface area (Å²) in [4.78, 5) is 20.8. The second kappa shape index (κ2) is 11.3. The van der Waals surface area contributed by atoms with Gasteiger partial charge in [0, 0.05) is 24.3 Å². The van der Waals surface area contributed by atoms with Crippen molar-refractivity contribution in [2.24, 2.45) is 0 Å². The smallest absolute Gasteiger partial charge is 0.337 e. The topological polar surface area (TPSA) is 106 Å². The van der Waals surface area contributed by atoms with E-state index < -0.39 is 42.7 Å². The van der Waals surface area contributed by atoms with E-state index in [4.69, 9.17) is 28.2 Å². The van der Waals surface area contributed by atoms with Crippen LogP contribution >= 0.6 is 23.2 Å². The third-order valence-electron chi connectivity index (χ3n) is 6.04. The number of nitrogens with zero attached hydrogens (tertiary/aromatic N) is 3. The molecule has 2 aromatic carbocycles. The number of sulfonamides is 1. The number of nitrogens with one attached hydrogen (secondary N) is 2. The number of carbonyl (C=O) groups is 1. The maximum Gasteiger partial charge on any atom is 0.416 e. The molecule has 8 nitrogen and oxygen atoms in total. The van der Waals surface area contributed by atoms with E-state index in [-0.39, 0.29) is 6.54 Å². The van der Waals surface area contributed by atoms with Crippen LogP contribution in [0.1, 0.15) is 35.1 Å². The highest BCUT2D eigenvalue weighted by Gasteiger charge is 2.34. The van der Waals surface area contributed by atoms with E-state index in [2.05, 4.69) is 10.3 Å². The van der Waals surface area contributed by atoms with Crippen molar-refractivity contribution in [1.82, 2.24) is 24.6 Å². The fourth-order valence-electron chi connectivity index (χ4n) is 4.24. The number of imidazole rings is 1. The van der Waals surface area contributed by atoms with Crippen LogP contribution in [-0.2, 0) is 29.0 Å². The molecule has 212 valence electrons. The zero-order valence-electron chi connectivity index (χ0n) is 21.5.